The second kappa shape index (κ2) is 7.83. The monoisotopic (exact) mass is 312 g/mol. The fourth-order valence-corrected chi connectivity index (χ4v) is 2.54. The Morgan fingerprint density at radius 2 is 2.10 bits per heavy atom. The fourth-order valence-electron chi connectivity index (χ4n) is 1.70. The van der Waals surface area contributed by atoms with Crippen LogP contribution in [0.2, 0.25) is 0 Å². The van der Waals surface area contributed by atoms with Crippen molar-refractivity contribution in [1.82, 2.24) is 0 Å². The van der Waals surface area contributed by atoms with Gasteiger partial charge in [0.05, 0.1) is 12.4 Å². The van der Waals surface area contributed by atoms with Gasteiger partial charge in [0.25, 0.3) is 0 Å². The summed E-state index contributed by atoms with van der Waals surface area (Å²) in [6.45, 7) is 3.79. The molecular weight excluding hydrogens is 292 g/mol. The molecule has 0 radical (unpaired) electrons. The average molecular weight is 312 g/mol. The number of benzene rings is 1. The first kappa shape index (κ1) is 17.2. The minimum atomic E-state index is -2.98. The number of rotatable bonds is 8. The van der Waals surface area contributed by atoms with Gasteiger partial charge in [-0.25, -0.2) is 13.2 Å². The summed E-state index contributed by atoms with van der Waals surface area (Å²) in [7, 11) is -2.98. The van der Waals surface area contributed by atoms with Gasteiger partial charge in [-0.15, -0.1) is 0 Å². The van der Waals surface area contributed by atoms with E-state index in [4.69, 9.17) is 9.84 Å². The highest BCUT2D eigenvalue weighted by Crippen LogP contribution is 2.21. The first-order valence-electron chi connectivity index (χ1n) is 6.69. The van der Waals surface area contributed by atoms with E-state index in [1.807, 2.05) is 19.1 Å². The standard InChI is InChI=1S/C15H20O5S/c1-3-21(18,19)10-4-9-20-14-7-5-12(2)11-13(14)6-8-15(16)17/h5-8,11H,3-4,9-10H2,1-2H3,(H,16,17). The Bertz CT molecular complexity index is 617. The molecule has 0 aromatic heterocycles. The van der Waals surface area contributed by atoms with Gasteiger partial charge in [-0.1, -0.05) is 18.6 Å². The Morgan fingerprint density at radius 3 is 2.71 bits per heavy atom. The molecular formula is C15H20O5S. The summed E-state index contributed by atoms with van der Waals surface area (Å²) in [6.07, 6.45) is 2.92. The van der Waals surface area contributed by atoms with E-state index in [0.717, 1.165) is 11.6 Å². The number of hydrogen-bond donors (Lipinski definition) is 1. The van der Waals surface area contributed by atoms with E-state index in [1.54, 1.807) is 13.0 Å². The molecule has 0 saturated carbocycles. The molecule has 0 unspecified atom stereocenters. The van der Waals surface area contributed by atoms with Crippen molar-refractivity contribution in [1.29, 1.82) is 0 Å². The van der Waals surface area contributed by atoms with Crippen LogP contribution >= 0.6 is 0 Å². The van der Waals surface area contributed by atoms with Crippen molar-refractivity contribution in [2.24, 2.45) is 0 Å². The molecule has 0 heterocycles. The molecule has 1 aromatic rings. The number of carbonyl (C=O) groups is 1. The van der Waals surface area contributed by atoms with Crippen molar-refractivity contribution >= 4 is 21.9 Å². The van der Waals surface area contributed by atoms with Crippen LogP contribution in [0.1, 0.15) is 24.5 Å². The minimum Gasteiger partial charge on any atom is -0.493 e. The molecule has 1 aromatic carbocycles. The zero-order valence-corrected chi connectivity index (χ0v) is 13.0. The van der Waals surface area contributed by atoms with E-state index in [9.17, 15) is 13.2 Å². The predicted octanol–water partition coefficient (Wildman–Crippen LogP) is 2.30. The van der Waals surface area contributed by atoms with Crippen molar-refractivity contribution in [2.75, 3.05) is 18.1 Å². The van der Waals surface area contributed by atoms with Gasteiger partial charge < -0.3 is 9.84 Å². The normalized spacial score (nSPS) is 11.7. The third-order valence-electron chi connectivity index (χ3n) is 2.87. The molecule has 116 valence electrons. The van der Waals surface area contributed by atoms with Crippen LogP contribution in [0.3, 0.4) is 0 Å². The molecule has 1 rings (SSSR count). The SMILES string of the molecule is CCS(=O)(=O)CCCOc1ccc(C)cc1C=CC(=O)O. The molecule has 1 N–H and O–H groups in total. The van der Waals surface area contributed by atoms with Crippen molar-refractivity contribution < 1.29 is 23.1 Å². The van der Waals surface area contributed by atoms with Crippen LogP contribution < -0.4 is 4.74 Å². The number of carboxylic acids is 1. The molecule has 5 nitrogen and oxygen atoms in total. The Labute approximate surface area is 125 Å². The van der Waals surface area contributed by atoms with Crippen LogP contribution in [-0.4, -0.2) is 37.6 Å². The zero-order valence-electron chi connectivity index (χ0n) is 12.2. The maximum absolute atomic E-state index is 11.4. The fraction of sp³-hybridized carbons (Fsp3) is 0.400. The van der Waals surface area contributed by atoms with Gasteiger partial charge in [0.1, 0.15) is 15.6 Å². The van der Waals surface area contributed by atoms with Crippen LogP contribution in [0.4, 0.5) is 0 Å². The lowest BCUT2D eigenvalue weighted by Crippen LogP contribution is -2.12. The van der Waals surface area contributed by atoms with Gasteiger partial charge in [0.15, 0.2) is 0 Å². The lowest BCUT2D eigenvalue weighted by atomic mass is 10.1. The number of carboxylic acid groups (broad SMARTS) is 1. The van der Waals surface area contributed by atoms with Crippen molar-refractivity contribution in [2.45, 2.75) is 20.3 Å². The second-order valence-electron chi connectivity index (χ2n) is 4.65. The summed E-state index contributed by atoms with van der Waals surface area (Å²) in [5.74, 6) is -0.261. The highest BCUT2D eigenvalue weighted by molar-refractivity contribution is 7.91. The zero-order chi connectivity index (χ0) is 15.9. The smallest absolute Gasteiger partial charge is 0.328 e. The summed E-state index contributed by atoms with van der Waals surface area (Å²) in [5.41, 5.74) is 1.65. The number of aryl methyl sites for hydroxylation is 1. The lowest BCUT2D eigenvalue weighted by Gasteiger charge is -2.10. The number of aliphatic carboxylic acids is 1. The predicted molar refractivity (Wildman–Crippen MR) is 82.3 cm³/mol. The van der Waals surface area contributed by atoms with E-state index in [1.165, 1.54) is 6.08 Å². The quantitative estimate of drug-likeness (QED) is 0.588. The van der Waals surface area contributed by atoms with Gasteiger partial charge in [-0.3, -0.25) is 0 Å². The molecule has 21 heavy (non-hydrogen) atoms. The van der Waals surface area contributed by atoms with Crippen molar-refractivity contribution in [3.05, 3.63) is 35.4 Å². The number of ether oxygens (including phenoxy) is 1. The number of hydrogen-bond acceptors (Lipinski definition) is 4. The van der Waals surface area contributed by atoms with E-state index in [2.05, 4.69) is 0 Å². The first-order chi connectivity index (χ1) is 9.84. The lowest BCUT2D eigenvalue weighted by molar-refractivity contribution is -0.131. The molecule has 0 saturated heterocycles. The molecule has 6 heteroatoms. The molecule has 0 aliphatic carbocycles. The van der Waals surface area contributed by atoms with E-state index in [0.29, 0.717) is 17.7 Å². The maximum Gasteiger partial charge on any atom is 0.328 e. The number of sulfone groups is 1. The van der Waals surface area contributed by atoms with Crippen LogP contribution in [0.5, 0.6) is 5.75 Å². The van der Waals surface area contributed by atoms with Crippen LogP contribution in [0.25, 0.3) is 6.08 Å². The Morgan fingerprint density at radius 1 is 1.38 bits per heavy atom. The van der Waals surface area contributed by atoms with E-state index >= 15 is 0 Å². The summed E-state index contributed by atoms with van der Waals surface area (Å²) in [4.78, 5) is 10.6. The summed E-state index contributed by atoms with van der Waals surface area (Å²) >= 11 is 0. The van der Waals surface area contributed by atoms with Gasteiger partial charge in [0.2, 0.25) is 0 Å². The molecule has 0 aliphatic heterocycles. The highest BCUT2D eigenvalue weighted by Gasteiger charge is 2.07. The largest absolute Gasteiger partial charge is 0.493 e. The minimum absolute atomic E-state index is 0.0929. The maximum atomic E-state index is 11.4. The average Bonchev–Trinajstić information content (AvgIpc) is 2.43. The molecule has 0 atom stereocenters. The Kier molecular flexibility index (Phi) is 6.42. The Hall–Kier alpha value is -1.82. The highest BCUT2D eigenvalue weighted by atomic mass is 32.2. The van der Waals surface area contributed by atoms with Crippen LogP contribution in [0.15, 0.2) is 24.3 Å². The molecule has 0 fully saturated rings. The van der Waals surface area contributed by atoms with Crippen LogP contribution in [0, 0.1) is 6.92 Å². The van der Waals surface area contributed by atoms with Gasteiger partial charge in [-0.2, -0.15) is 0 Å². The molecule has 0 aliphatic rings. The summed E-state index contributed by atoms with van der Waals surface area (Å²) in [5, 5.41) is 8.67. The summed E-state index contributed by atoms with van der Waals surface area (Å²) in [6, 6.07) is 5.43. The van der Waals surface area contributed by atoms with Gasteiger partial charge >= 0.3 is 5.97 Å². The van der Waals surface area contributed by atoms with E-state index in [-0.39, 0.29) is 18.1 Å². The van der Waals surface area contributed by atoms with Crippen molar-refractivity contribution in [3.63, 3.8) is 0 Å². The molecule has 0 spiro atoms. The van der Waals surface area contributed by atoms with Crippen LogP contribution in [-0.2, 0) is 14.6 Å². The second-order valence-corrected chi connectivity index (χ2v) is 7.12. The summed E-state index contributed by atoms with van der Waals surface area (Å²) < 4.78 is 28.3. The third kappa shape index (κ3) is 6.44. The van der Waals surface area contributed by atoms with Crippen molar-refractivity contribution in [3.8, 4) is 5.75 Å². The van der Waals surface area contributed by atoms with Gasteiger partial charge in [0, 0.05) is 17.4 Å². The topological polar surface area (TPSA) is 80.7 Å². The third-order valence-corrected chi connectivity index (χ3v) is 4.66. The van der Waals surface area contributed by atoms with Gasteiger partial charge in [-0.05, 0) is 31.6 Å². The van der Waals surface area contributed by atoms with E-state index < -0.39 is 15.8 Å². The first-order valence-corrected chi connectivity index (χ1v) is 8.51. The molecule has 0 bridgehead atoms. The molecule has 0 amide bonds. The Balaban J connectivity index is 2.68.